The molecule has 5 nitrogen and oxygen atoms in total. The van der Waals surface area contributed by atoms with Crippen LogP contribution in [0, 0.1) is 17.2 Å². The number of nitrogens with zero attached hydrogens (tertiary/aromatic N) is 3. The zero-order valence-electron chi connectivity index (χ0n) is 11.9. The Morgan fingerprint density at radius 1 is 1.55 bits per heavy atom. The monoisotopic (exact) mass is 281 g/mol. The SMILES string of the molecule is CCc1ncnc(N2C[C@H]3COC[C@@]3(COC)C2)c1F. The molecule has 0 spiro atoms. The summed E-state index contributed by atoms with van der Waals surface area (Å²) in [5.41, 5.74) is 0.447. The molecule has 0 aromatic carbocycles. The number of anilines is 1. The number of ether oxygens (including phenoxy) is 2. The van der Waals surface area contributed by atoms with E-state index in [1.54, 1.807) is 7.11 Å². The Kier molecular flexibility index (Phi) is 3.60. The van der Waals surface area contributed by atoms with E-state index in [-0.39, 0.29) is 11.2 Å². The minimum atomic E-state index is -0.288. The van der Waals surface area contributed by atoms with Crippen LogP contribution in [0.4, 0.5) is 10.2 Å². The molecule has 0 aliphatic carbocycles. The van der Waals surface area contributed by atoms with Crippen LogP contribution in [0.15, 0.2) is 6.33 Å². The number of hydrogen-bond acceptors (Lipinski definition) is 5. The van der Waals surface area contributed by atoms with E-state index >= 15 is 0 Å². The van der Waals surface area contributed by atoms with E-state index in [1.165, 1.54) is 6.33 Å². The van der Waals surface area contributed by atoms with Crippen molar-refractivity contribution in [2.24, 2.45) is 11.3 Å². The van der Waals surface area contributed by atoms with E-state index in [2.05, 4.69) is 9.97 Å². The van der Waals surface area contributed by atoms with Crippen LogP contribution in [0.3, 0.4) is 0 Å². The summed E-state index contributed by atoms with van der Waals surface area (Å²) in [5, 5.41) is 0. The third-order valence-electron chi connectivity index (χ3n) is 4.43. The number of halogens is 1. The van der Waals surface area contributed by atoms with Crippen LogP contribution in [0.25, 0.3) is 0 Å². The number of hydrogen-bond donors (Lipinski definition) is 0. The second-order valence-corrected chi connectivity index (χ2v) is 5.70. The number of rotatable bonds is 4. The zero-order chi connectivity index (χ0) is 14.2. The highest BCUT2D eigenvalue weighted by Crippen LogP contribution is 2.43. The van der Waals surface area contributed by atoms with Crippen molar-refractivity contribution in [3.8, 4) is 0 Å². The van der Waals surface area contributed by atoms with Gasteiger partial charge in [-0.1, -0.05) is 6.92 Å². The van der Waals surface area contributed by atoms with Crippen LogP contribution in [0.5, 0.6) is 0 Å². The molecule has 0 saturated carbocycles. The third kappa shape index (κ3) is 2.07. The molecule has 110 valence electrons. The van der Waals surface area contributed by atoms with E-state index < -0.39 is 0 Å². The molecule has 0 bridgehead atoms. The van der Waals surface area contributed by atoms with Gasteiger partial charge in [0.2, 0.25) is 0 Å². The quantitative estimate of drug-likeness (QED) is 0.832. The summed E-state index contributed by atoms with van der Waals surface area (Å²) in [6.07, 6.45) is 2.02. The Labute approximate surface area is 118 Å². The predicted molar refractivity (Wildman–Crippen MR) is 72.2 cm³/mol. The lowest BCUT2D eigenvalue weighted by atomic mass is 9.82. The molecule has 2 saturated heterocycles. The van der Waals surface area contributed by atoms with Crippen LogP contribution < -0.4 is 4.90 Å². The molecule has 0 N–H and O–H groups in total. The van der Waals surface area contributed by atoms with Crippen molar-refractivity contribution < 1.29 is 13.9 Å². The van der Waals surface area contributed by atoms with Crippen LogP contribution >= 0.6 is 0 Å². The van der Waals surface area contributed by atoms with Crippen molar-refractivity contribution >= 4 is 5.82 Å². The molecule has 20 heavy (non-hydrogen) atoms. The van der Waals surface area contributed by atoms with E-state index in [0.717, 1.165) is 13.1 Å². The summed E-state index contributed by atoms with van der Waals surface area (Å²) in [6, 6.07) is 0. The molecule has 1 aromatic heterocycles. The smallest absolute Gasteiger partial charge is 0.187 e. The van der Waals surface area contributed by atoms with Crippen molar-refractivity contribution in [3.05, 3.63) is 17.8 Å². The molecule has 6 heteroatoms. The number of aryl methyl sites for hydroxylation is 1. The minimum Gasteiger partial charge on any atom is -0.384 e. The van der Waals surface area contributed by atoms with Crippen LogP contribution in [0.1, 0.15) is 12.6 Å². The van der Waals surface area contributed by atoms with Gasteiger partial charge in [-0.15, -0.1) is 0 Å². The lowest BCUT2D eigenvalue weighted by Gasteiger charge is -2.26. The van der Waals surface area contributed by atoms with Crippen LogP contribution in [0.2, 0.25) is 0 Å². The average molecular weight is 281 g/mol. The highest BCUT2D eigenvalue weighted by atomic mass is 19.1. The molecule has 0 unspecified atom stereocenters. The van der Waals surface area contributed by atoms with Gasteiger partial charge < -0.3 is 14.4 Å². The van der Waals surface area contributed by atoms with Gasteiger partial charge in [-0.3, -0.25) is 0 Å². The van der Waals surface area contributed by atoms with E-state index in [9.17, 15) is 4.39 Å². The van der Waals surface area contributed by atoms with Gasteiger partial charge in [-0.25, -0.2) is 14.4 Å². The van der Waals surface area contributed by atoms with Crippen LogP contribution in [-0.4, -0.2) is 50.0 Å². The summed E-state index contributed by atoms with van der Waals surface area (Å²) in [5.74, 6) is 0.507. The van der Waals surface area contributed by atoms with E-state index in [1.807, 2.05) is 11.8 Å². The van der Waals surface area contributed by atoms with Crippen molar-refractivity contribution in [2.45, 2.75) is 13.3 Å². The van der Waals surface area contributed by atoms with E-state index in [0.29, 0.717) is 43.7 Å². The largest absolute Gasteiger partial charge is 0.384 e. The Bertz CT molecular complexity index is 499. The molecule has 3 rings (SSSR count). The molecule has 0 radical (unpaired) electrons. The average Bonchev–Trinajstić information content (AvgIpc) is 2.96. The van der Waals surface area contributed by atoms with Gasteiger partial charge in [0, 0.05) is 31.5 Å². The van der Waals surface area contributed by atoms with Crippen molar-refractivity contribution in [2.75, 3.05) is 44.9 Å². The highest BCUT2D eigenvalue weighted by molar-refractivity contribution is 5.43. The van der Waals surface area contributed by atoms with Gasteiger partial charge in [0.05, 0.1) is 25.5 Å². The maximum atomic E-state index is 14.4. The van der Waals surface area contributed by atoms with Gasteiger partial charge in [-0.2, -0.15) is 0 Å². The highest BCUT2D eigenvalue weighted by Gasteiger charge is 2.51. The van der Waals surface area contributed by atoms with Crippen molar-refractivity contribution in [1.82, 2.24) is 9.97 Å². The fraction of sp³-hybridized carbons (Fsp3) is 0.714. The first-order valence-corrected chi connectivity index (χ1v) is 7.01. The Morgan fingerprint density at radius 3 is 3.15 bits per heavy atom. The Morgan fingerprint density at radius 2 is 2.40 bits per heavy atom. The standard InChI is InChI=1S/C14H20FN3O2/c1-3-11-12(15)13(17-9-16-11)18-4-10-5-20-8-14(10,6-18)7-19-2/h9-10H,3-8H2,1-2H3/t10-,14-/m0/s1. The summed E-state index contributed by atoms with van der Waals surface area (Å²) in [7, 11) is 1.70. The lowest BCUT2D eigenvalue weighted by Crippen LogP contribution is -2.35. The fourth-order valence-electron chi connectivity index (χ4n) is 3.35. The van der Waals surface area contributed by atoms with Crippen molar-refractivity contribution in [1.29, 1.82) is 0 Å². The molecule has 2 aliphatic rings. The van der Waals surface area contributed by atoms with E-state index in [4.69, 9.17) is 9.47 Å². The summed E-state index contributed by atoms with van der Waals surface area (Å²) >= 11 is 0. The van der Waals surface area contributed by atoms with Crippen molar-refractivity contribution in [3.63, 3.8) is 0 Å². The molecule has 3 heterocycles. The first-order valence-electron chi connectivity index (χ1n) is 7.01. The van der Waals surface area contributed by atoms with Gasteiger partial charge in [0.15, 0.2) is 11.6 Å². The topological polar surface area (TPSA) is 47.5 Å². The first-order chi connectivity index (χ1) is 9.70. The third-order valence-corrected chi connectivity index (χ3v) is 4.43. The van der Waals surface area contributed by atoms with Crippen LogP contribution in [-0.2, 0) is 15.9 Å². The Balaban J connectivity index is 1.87. The van der Waals surface area contributed by atoms with Gasteiger partial charge in [0.25, 0.3) is 0 Å². The Hall–Kier alpha value is -1.27. The van der Waals surface area contributed by atoms with Gasteiger partial charge in [-0.05, 0) is 6.42 Å². The second-order valence-electron chi connectivity index (χ2n) is 5.70. The number of aromatic nitrogens is 2. The van der Waals surface area contributed by atoms with Gasteiger partial charge in [0.1, 0.15) is 6.33 Å². The summed E-state index contributed by atoms with van der Waals surface area (Å²) < 4.78 is 25.3. The summed E-state index contributed by atoms with van der Waals surface area (Å²) in [6.45, 7) is 5.42. The lowest BCUT2D eigenvalue weighted by molar-refractivity contribution is 0.0660. The second kappa shape index (κ2) is 5.26. The molecule has 0 amide bonds. The zero-order valence-corrected chi connectivity index (χ0v) is 11.9. The molecular formula is C14H20FN3O2. The van der Waals surface area contributed by atoms with Gasteiger partial charge >= 0.3 is 0 Å². The predicted octanol–water partition coefficient (Wildman–Crippen LogP) is 1.28. The maximum Gasteiger partial charge on any atom is 0.187 e. The molecule has 2 atom stereocenters. The first kappa shape index (κ1) is 13.7. The maximum absolute atomic E-state index is 14.4. The molecule has 1 aromatic rings. The number of methoxy groups -OCH3 is 1. The molecule has 2 aliphatic heterocycles. The molecular weight excluding hydrogens is 261 g/mol. The summed E-state index contributed by atoms with van der Waals surface area (Å²) in [4.78, 5) is 10.2. The fourth-order valence-corrected chi connectivity index (χ4v) is 3.35. The number of fused-ring (bicyclic) bond motifs is 1. The minimum absolute atomic E-state index is 0.0292. The molecule has 2 fully saturated rings. The normalized spacial score (nSPS) is 28.9.